The Labute approximate surface area is 171 Å². The molecule has 1 aromatic rings. The molecule has 0 aromatic heterocycles. The number of aliphatic hydroxyl groups is 3. The lowest BCUT2D eigenvalue weighted by Gasteiger charge is -2.24. The largest absolute Gasteiger partial charge is 0.481 e. The van der Waals surface area contributed by atoms with Crippen LogP contribution in [0.5, 0.6) is 0 Å². The van der Waals surface area contributed by atoms with Gasteiger partial charge in [0.05, 0.1) is 17.8 Å². The fourth-order valence-electron chi connectivity index (χ4n) is 4.14. The second-order valence-electron chi connectivity index (χ2n) is 7.89. The Morgan fingerprint density at radius 2 is 1.72 bits per heavy atom. The highest BCUT2D eigenvalue weighted by Crippen LogP contribution is 2.39. The number of aliphatic hydroxyl groups excluding tert-OH is 3. The third-order valence-corrected chi connectivity index (χ3v) is 5.72. The van der Waals surface area contributed by atoms with E-state index in [1.54, 1.807) is 18.2 Å². The van der Waals surface area contributed by atoms with Crippen molar-refractivity contribution >= 4 is 5.97 Å². The molecule has 0 amide bonds. The van der Waals surface area contributed by atoms with Crippen molar-refractivity contribution in [3.05, 3.63) is 35.6 Å². The molecule has 1 aromatic carbocycles. The van der Waals surface area contributed by atoms with Gasteiger partial charge in [0.1, 0.15) is 11.9 Å². The van der Waals surface area contributed by atoms with E-state index < -0.39 is 30.1 Å². The third kappa shape index (κ3) is 7.77. The zero-order valence-corrected chi connectivity index (χ0v) is 16.6. The van der Waals surface area contributed by atoms with E-state index in [0.717, 1.165) is 25.7 Å². The lowest BCUT2D eigenvalue weighted by Crippen LogP contribution is -2.23. The molecule has 4 N–H and O–H groups in total. The van der Waals surface area contributed by atoms with Crippen LogP contribution in [0.4, 0.5) is 4.39 Å². The SMILES string of the molecule is O=C(O)CCCCCCC1C(O)CC(O)C1CCC(O)C#Cc1ccccc1F. The van der Waals surface area contributed by atoms with Gasteiger partial charge in [-0.1, -0.05) is 43.2 Å². The molecule has 0 radical (unpaired) electrons. The molecule has 0 aliphatic heterocycles. The second kappa shape index (κ2) is 11.9. The number of carboxylic acids is 1. The molecule has 1 fully saturated rings. The van der Waals surface area contributed by atoms with Crippen LogP contribution in [0.15, 0.2) is 24.3 Å². The van der Waals surface area contributed by atoms with Crippen LogP contribution in [0, 0.1) is 29.5 Å². The molecule has 0 saturated heterocycles. The van der Waals surface area contributed by atoms with Crippen LogP contribution in [0.1, 0.15) is 63.4 Å². The van der Waals surface area contributed by atoms with Crippen LogP contribution in [0.2, 0.25) is 0 Å². The minimum absolute atomic E-state index is 0.0313. The van der Waals surface area contributed by atoms with Crippen LogP contribution in [0.25, 0.3) is 0 Å². The van der Waals surface area contributed by atoms with Crippen molar-refractivity contribution < 1.29 is 29.6 Å². The van der Waals surface area contributed by atoms with Crippen molar-refractivity contribution in [3.63, 3.8) is 0 Å². The molecule has 29 heavy (non-hydrogen) atoms. The van der Waals surface area contributed by atoms with E-state index >= 15 is 0 Å². The second-order valence-corrected chi connectivity index (χ2v) is 7.89. The number of unbranched alkanes of at least 4 members (excludes halogenated alkanes) is 3. The number of carbonyl (C=O) groups is 1. The summed E-state index contributed by atoms with van der Waals surface area (Å²) >= 11 is 0. The molecular weight excluding hydrogens is 375 g/mol. The maximum absolute atomic E-state index is 13.6. The Kier molecular flexibility index (Phi) is 9.59. The molecule has 5 atom stereocenters. The molecule has 5 nitrogen and oxygen atoms in total. The predicted octanol–water partition coefficient (Wildman–Crippen LogP) is 3.10. The number of hydrogen-bond acceptors (Lipinski definition) is 4. The number of aliphatic carboxylic acids is 1. The lowest BCUT2D eigenvalue weighted by molar-refractivity contribution is -0.137. The molecule has 0 bridgehead atoms. The molecule has 1 aliphatic rings. The molecule has 6 heteroatoms. The first kappa shape index (κ1) is 23.3. The average Bonchev–Trinajstić information content (AvgIpc) is 2.94. The number of rotatable bonds is 10. The maximum atomic E-state index is 13.6. The maximum Gasteiger partial charge on any atom is 0.303 e. The van der Waals surface area contributed by atoms with Crippen molar-refractivity contribution in [3.8, 4) is 11.8 Å². The summed E-state index contributed by atoms with van der Waals surface area (Å²) in [6.07, 6.45) is 3.36. The van der Waals surface area contributed by atoms with Gasteiger partial charge in [-0.2, -0.15) is 0 Å². The zero-order valence-electron chi connectivity index (χ0n) is 16.6. The van der Waals surface area contributed by atoms with E-state index in [2.05, 4.69) is 11.8 Å². The summed E-state index contributed by atoms with van der Waals surface area (Å²) in [7, 11) is 0. The Morgan fingerprint density at radius 3 is 2.41 bits per heavy atom. The Morgan fingerprint density at radius 1 is 1.07 bits per heavy atom. The van der Waals surface area contributed by atoms with Gasteiger partial charge in [-0.3, -0.25) is 4.79 Å². The van der Waals surface area contributed by atoms with Crippen molar-refractivity contribution in [1.29, 1.82) is 0 Å². The van der Waals surface area contributed by atoms with Gasteiger partial charge in [0.15, 0.2) is 0 Å². The van der Waals surface area contributed by atoms with Gasteiger partial charge < -0.3 is 20.4 Å². The molecule has 5 unspecified atom stereocenters. The van der Waals surface area contributed by atoms with Gasteiger partial charge >= 0.3 is 5.97 Å². The predicted molar refractivity (Wildman–Crippen MR) is 107 cm³/mol. The summed E-state index contributed by atoms with van der Waals surface area (Å²) in [4.78, 5) is 10.5. The molecule has 160 valence electrons. The van der Waals surface area contributed by atoms with Crippen molar-refractivity contribution in [2.24, 2.45) is 11.8 Å². The van der Waals surface area contributed by atoms with E-state index in [0.29, 0.717) is 25.7 Å². The smallest absolute Gasteiger partial charge is 0.303 e. The lowest BCUT2D eigenvalue weighted by atomic mass is 9.85. The third-order valence-electron chi connectivity index (χ3n) is 5.72. The first-order valence-electron chi connectivity index (χ1n) is 10.4. The van der Waals surface area contributed by atoms with Gasteiger partial charge in [0.25, 0.3) is 0 Å². The van der Waals surface area contributed by atoms with E-state index in [9.17, 15) is 24.5 Å². The summed E-state index contributed by atoms with van der Waals surface area (Å²) < 4.78 is 13.6. The number of carboxylic acid groups (broad SMARTS) is 1. The monoisotopic (exact) mass is 406 g/mol. The van der Waals surface area contributed by atoms with Crippen molar-refractivity contribution in [1.82, 2.24) is 0 Å². The fourth-order valence-corrected chi connectivity index (χ4v) is 4.14. The van der Waals surface area contributed by atoms with E-state index in [4.69, 9.17) is 5.11 Å². The topological polar surface area (TPSA) is 98.0 Å². The Balaban J connectivity index is 1.79. The highest BCUT2D eigenvalue weighted by Gasteiger charge is 2.40. The van der Waals surface area contributed by atoms with Gasteiger partial charge in [0, 0.05) is 6.42 Å². The Bertz CT molecular complexity index is 711. The molecule has 1 saturated carbocycles. The van der Waals surface area contributed by atoms with E-state index in [-0.39, 0.29) is 23.8 Å². The summed E-state index contributed by atoms with van der Waals surface area (Å²) in [5.74, 6) is 3.96. The summed E-state index contributed by atoms with van der Waals surface area (Å²) in [5, 5.41) is 39.4. The van der Waals surface area contributed by atoms with Gasteiger partial charge in [-0.05, 0) is 56.1 Å². The molecule has 0 spiro atoms. The van der Waals surface area contributed by atoms with Gasteiger partial charge in [-0.25, -0.2) is 4.39 Å². The fraction of sp³-hybridized carbons (Fsp3) is 0.609. The summed E-state index contributed by atoms with van der Waals surface area (Å²) in [5.41, 5.74) is 0.239. The summed E-state index contributed by atoms with van der Waals surface area (Å²) in [6, 6.07) is 6.13. The van der Waals surface area contributed by atoms with E-state index in [1.165, 1.54) is 6.07 Å². The standard InChI is InChI=1S/C23H31FO5/c24-20-9-6-5-7-16(20)11-12-17(25)13-14-19-18(21(26)15-22(19)27)8-3-1-2-4-10-23(28)29/h5-7,9,17-19,21-22,25-27H,1-4,8,10,13-15H2,(H,28,29). The van der Waals surface area contributed by atoms with Crippen molar-refractivity contribution in [2.45, 2.75) is 76.1 Å². The number of halogens is 1. The molecule has 1 aliphatic carbocycles. The highest BCUT2D eigenvalue weighted by atomic mass is 19.1. The van der Waals surface area contributed by atoms with E-state index in [1.807, 2.05) is 0 Å². The first-order valence-corrected chi connectivity index (χ1v) is 10.4. The molecular formula is C23H31FO5. The highest BCUT2D eigenvalue weighted by molar-refractivity contribution is 5.66. The minimum atomic E-state index is -0.920. The Hall–Kier alpha value is -1.94. The normalized spacial score (nSPS) is 24.7. The van der Waals surface area contributed by atoms with Crippen LogP contribution >= 0.6 is 0 Å². The zero-order chi connectivity index (χ0) is 21.2. The van der Waals surface area contributed by atoms with Gasteiger partial charge in [0.2, 0.25) is 0 Å². The van der Waals surface area contributed by atoms with Gasteiger partial charge in [-0.15, -0.1) is 0 Å². The number of benzene rings is 1. The average molecular weight is 406 g/mol. The summed E-state index contributed by atoms with van der Waals surface area (Å²) in [6.45, 7) is 0. The quantitative estimate of drug-likeness (QED) is 0.354. The van der Waals surface area contributed by atoms with Crippen molar-refractivity contribution in [2.75, 3.05) is 0 Å². The van der Waals surface area contributed by atoms with Crippen LogP contribution in [0.3, 0.4) is 0 Å². The molecule has 0 heterocycles. The van der Waals surface area contributed by atoms with Crippen LogP contribution in [-0.2, 0) is 4.79 Å². The molecule has 2 rings (SSSR count). The van der Waals surface area contributed by atoms with Crippen LogP contribution < -0.4 is 0 Å². The van der Waals surface area contributed by atoms with Crippen LogP contribution in [-0.4, -0.2) is 44.7 Å². The first-order chi connectivity index (χ1) is 13.9. The minimum Gasteiger partial charge on any atom is -0.481 e. The number of hydrogen-bond donors (Lipinski definition) is 4.